The lowest BCUT2D eigenvalue weighted by Gasteiger charge is -2.16. The van der Waals surface area contributed by atoms with Gasteiger partial charge in [-0.2, -0.15) is 0 Å². The molecule has 114 valence electrons. The molecule has 1 atom stereocenters. The van der Waals surface area contributed by atoms with E-state index in [1.165, 1.54) is 0 Å². The Morgan fingerprint density at radius 3 is 2.67 bits per heavy atom. The topological polar surface area (TPSA) is 141 Å². The number of benzene rings is 1. The van der Waals surface area contributed by atoms with Crippen LogP contribution < -0.4 is 15.7 Å². The second-order valence-corrected chi connectivity index (χ2v) is 6.86. The number of non-ortho nitro benzene ring substituents is 1. The van der Waals surface area contributed by atoms with Gasteiger partial charge >= 0.3 is 6.03 Å². The number of sulfone groups is 1. The molecule has 10 heteroatoms. The number of anilines is 1. The molecule has 2 N–H and O–H groups in total. The number of rotatable bonds is 3. The van der Waals surface area contributed by atoms with Crippen LogP contribution in [-0.2, 0) is 9.84 Å². The Morgan fingerprint density at radius 2 is 2.10 bits per heavy atom. The summed E-state index contributed by atoms with van der Waals surface area (Å²) in [5.41, 5.74) is -0.559. The third-order valence-electron chi connectivity index (χ3n) is 2.99. The number of nitro benzene ring substituents is 1. The third-order valence-corrected chi connectivity index (χ3v) is 4.76. The highest BCUT2D eigenvalue weighted by Gasteiger charge is 2.28. The molecule has 2 rings (SSSR count). The van der Waals surface area contributed by atoms with Crippen LogP contribution in [0, 0.1) is 10.1 Å². The van der Waals surface area contributed by atoms with Crippen molar-refractivity contribution in [3.63, 3.8) is 0 Å². The molecule has 1 aromatic carbocycles. The van der Waals surface area contributed by atoms with Crippen molar-refractivity contribution in [2.24, 2.45) is 0 Å². The Labute approximate surface area is 120 Å². The summed E-state index contributed by atoms with van der Waals surface area (Å²) >= 11 is 0. The Bertz CT molecular complexity index is 687. The SMILES string of the molecule is O=C(Nc1cc([N+](=O)[O-])ccc1[O-])N[C@H]1CCS(=O)(=O)C1. The molecule has 0 unspecified atom stereocenters. The lowest BCUT2D eigenvalue weighted by Crippen LogP contribution is -2.38. The number of carbonyl (C=O) groups is 1. The van der Waals surface area contributed by atoms with Gasteiger partial charge in [0.15, 0.2) is 9.84 Å². The predicted molar refractivity (Wildman–Crippen MR) is 71.8 cm³/mol. The van der Waals surface area contributed by atoms with Gasteiger partial charge in [-0.25, -0.2) is 13.2 Å². The second kappa shape index (κ2) is 5.56. The molecule has 0 aromatic heterocycles. The molecular formula is C11H12N3O6S-. The molecule has 0 saturated carbocycles. The van der Waals surface area contributed by atoms with Gasteiger partial charge in [-0.15, -0.1) is 0 Å². The van der Waals surface area contributed by atoms with Crippen LogP contribution in [0.1, 0.15) is 6.42 Å². The van der Waals surface area contributed by atoms with Crippen molar-refractivity contribution in [3.8, 4) is 5.75 Å². The molecule has 1 aliphatic rings. The Morgan fingerprint density at radius 1 is 1.38 bits per heavy atom. The van der Waals surface area contributed by atoms with Gasteiger partial charge in [-0.05, 0) is 6.42 Å². The summed E-state index contributed by atoms with van der Waals surface area (Å²) in [7, 11) is -3.13. The van der Waals surface area contributed by atoms with Gasteiger partial charge in [0.05, 0.1) is 16.4 Å². The largest absolute Gasteiger partial charge is 0.871 e. The number of amides is 2. The smallest absolute Gasteiger partial charge is 0.319 e. The molecule has 0 radical (unpaired) electrons. The number of urea groups is 1. The highest BCUT2D eigenvalue weighted by Crippen LogP contribution is 2.25. The molecule has 1 saturated heterocycles. The van der Waals surface area contributed by atoms with Crippen LogP contribution in [0.5, 0.6) is 5.75 Å². The molecule has 1 aliphatic heterocycles. The van der Waals surface area contributed by atoms with Crippen molar-refractivity contribution in [2.45, 2.75) is 12.5 Å². The molecule has 1 aromatic rings. The van der Waals surface area contributed by atoms with E-state index in [2.05, 4.69) is 10.6 Å². The van der Waals surface area contributed by atoms with Gasteiger partial charge in [0.1, 0.15) is 0 Å². The van der Waals surface area contributed by atoms with Crippen LogP contribution >= 0.6 is 0 Å². The quantitative estimate of drug-likeness (QED) is 0.593. The van der Waals surface area contributed by atoms with Crippen molar-refractivity contribution >= 4 is 27.2 Å². The lowest BCUT2D eigenvalue weighted by atomic mass is 10.2. The average molecular weight is 314 g/mol. The maximum Gasteiger partial charge on any atom is 0.319 e. The number of hydrogen-bond acceptors (Lipinski definition) is 6. The van der Waals surface area contributed by atoms with E-state index in [1.54, 1.807) is 0 Å². The van der Waals surface area contributed by atoms with E-state index in [0.717, 1.165) is 18.2 Å². The average Bonchev–Trinajstić information content (AvgIpc) is 2.71. The van der Waals surface area contributed by atoms with E-state index in [9.17, 15) is 28.4 Å². The van der Waals surface area contributed by atoms with Crippen LogP contribution in [-0.4, -0.2) is 36.9 Å². The molecular weight excluding hydrogens is 302 g/mol. The predicted octanol–water partition coefficient (Wildman–Crippen LogP) is -0.0230. The first-order valence-corrected chi connectivity index (χ1v) is 7.82. The van der Waals surface area contributed by atoms with E-state index in [1.807, 2.05) is 0 Å². The number of nitro groups is 1. The van der Waals surface area contributed by atoms with Gasteiger partial charge in [-0.3, -0.25) is 10.1 Å². The minimum Gasteiger partial charge on any atom is -0.871 e. The van der Waals surface area contributed by atoms with Gasteiger partial charge in [0.2, 0.25) is 0 Å². The molecule has 9 nitrogen and oxygen atoms in total. The first-order valence-electron chi connectivity index (χ1n) is 6.00. The second-order valence-electron chi connectivity index (χ2n) is 4.64. The van der Waals surface area contributed by atoms with E-state index < -0.39 is 32.6 Å². The third kappa shape index (κ3) is 3.81. The summed E-state index contributed by atoms with van der Waals surface area (Å²) < 4.78 is 22.5. The highest BCUT2D eigenvalue weighted by molar-refractivity contribution is 7.91. The fourth-order valence-corrected chi connectivity index (χ4v) is 3.66. The number of nitrogens with one attached hydrogen (secondary N) is 2. The summed E-state index contributed by atoms with van der Waals surface area (Å²) in [5.74, 6) is -0.726. The molecule has 0 bridgehead atoms. The van der Waals surface area contributed by atoms with Crippen molar-refractivity contribution < 1.29 is 23.2 Å². The number of carbonyl (C=O) groups excluding carboxylic acids is 1. The first kappa shape index (κ1) is 15.0. The van der Waals surface area contributed by atoms with Gasteiger partial charge in [0.25, 0.3) is 5.69 Å². The van der Waals surface area contributed by atoms with E-state index in [0.29, 0.717) is 6.42 Å². The Balaban J connectivity index is 2.03. The fraction of sp³-hybridized carbons (Fsp3) is 0.364. The maximum atomic E-state index is 11.7. The van der Waals surface area contributed by atoms with Crippen LogP contribution in [0.15, 0.2) is 18.2 Å². The maximum absolute atomic E-state index is 11.7. The first-order chi connectivity index (χ1) is 9.77. The normalized spacial score (nSPS) is 19.9. The molecule has 2 amide bonds. The molecule has 1 heterocycles. The lowest BCUT2D eigenvalue weighted by molar-refractivity contribution is -0.385. The van der Waals surface area contributed by atoms with Crippen LogP contribution in [0.2, 0.25) is 0 Å². The standard InChI is InChI=1S/C11H13N3O6S/c15-10-2-1-8(14(17)18)5-9(10)13-11(16)12-7-3-4-21(19,20)6-7/h1-2,5,7,15H,3-4,6H2,(H2,12,13,16)/p-1/t7-/m0/s1. The molecule has 0 spiro atoms. The number of hydrogen-bond donors (Lipinski definition) is 2. The van der Waals surface area contributed by atoms with Crippen molar-refractivity contribution in [1.29, 1.82) is 0 Å². The van der Waals surface area contributed by atoms with Gasteiger partial charge in [-0.1, -0.05) is 11.8 Å². The van der Waals surface area contributed by atoms with Crippen LogP contribution in [0.25, 0.3) is 0 Å². The summed E-state index contributed by atoms with van der Waals surface area (Å²) in [5, 5.41) is 26.7. The van der Waals surface area contributed by atoms with Crippen LogP contribution in [0.3, 0.4) is 0 Å². The fourth-order valence-electron chi connectivity index (χ4n) is 1.98. The van der Waals surface area contributed by atoms with Crippen molar-refractivity contribution in [2.75, 3.05) is 16.8 Å². The van der Waals surface area contributed by atoms with Gasteiger partial charge in [0, 0.05) is 23.9 Å². The van der Waals surface area contributed by atoms with Crippen molar-refractivity contribution in [3.05, 3.63) is 28.3 Å². The Hall–Kier alpha value is -2.36. The molecule has 0 aliphatic carbocycles. The summed E-state index contributed by atoms with van der Waals surface area (Å²) in [4.78, 5) is 21.6. The molecule has 1 fully saturated rings. The zero-order chi connectivity index (χ0) is 15.6. The minimum absolute atomic E-state index is 0.00155. The summed E-state index contributed by atoms with van der Waals surface area (Å²) in [6.07, 6.45) is 0.301. The monoisotopic (exact) mass is 314 g/mol. The van der Waals surface area contributed by atoms with E-state index in [4.69, 9.17) is 0 Å². The summed E-state index contributed by atoms with van der Waals surface area (Å²) in [6.45, 7) is 0. The highest BCUT2D eigenvalue weighted by atomic mass is 32.2. The minimum atomic E-state index is -3.13. The van der Waals surface area contributed by atoms with E-state index >= 15 is 0 Å². The zero-order valence-corrected chi connectivity index (χ0v) is 11.6. The zero-order valence-electron chi connectivity index (χ0n) is 10.7. The van der Waals surface area contributed by atoms with Gasteiger partial charge < -0.3 is 15.7 Å². The van der Waals surface area contributed by atoms with Crippen molar-refractivity contribution in [1.82, 2.24) is 5.32 Å². The molecule has 21 heavy (non-hydrogen) atoms. The van der Waals surface area contributed by atoms with Crippen LogP contribution in [0.4, 0.5) is 16.2 Å². The Kier molecular flexibility index (Phi) is 3.98. The summed E-state index contributed by atoms with van der Waals surface area (Å²) in [6, 6.07) is 1.68. The number of nitrogens with zero attached hydrogens (tertiary/aromatic N) is 1. The van der Waals surface area contributed by atoms with E-state index in [-0.39, 0.29) is 22.9 Å².